The van der Waals surface area contributed by atoms with Crippen molar-refractivity contribution >= 4 is 12.2 Å². The fourth-order valence-electron chi connectivity index (χ4n) is 1.24. The number of rotatable bonds is 1. The van der Waals surface area contributed by atoms with Crippen LogP contribution in [0.25, 0.3) is 0 Å². The van der Waals surface area contributed by atoms with Gasteiger partial charge in [-0.15, -0.1) is 0 Å². The van der Waals surface area contributed by atoms with Crippen molar-refractivity contribution in [3.8, 4) is 0 Å². The molecule has 1 aromatic rings. The number of benzene rings is 1. The van der Waals surface area contributed by atoms with E-state index in [-0.39, 0.29) is 0 Å². The fraction of sp³-hybridized carbons (Fsp3) is 0.333. The van der Waals surface area contributed by atoms with Crippen LogP contribution in [0.5, 0.6) is 0 Å². The molecule has 0 aliphatic carbocycles. The normalized spacial score (nSPS) is 7.19. The van der Waals surface area contributed by atoms with E-state index in [0.717, 1.165) is 18.6 Å². The van der Waals surface area contributed by atoms with Crippen molar-refractivity contribution in [3.05, 3.63) is 34.9 Å². The van der Waals surface area contributed by atoms with Crippen LogP contribution in [0, 0.1) is 24.7 Å². The van der Waals surface area contributed by atoms with E-state index in [2.05, 4.69) is 39.0 Å². The zero-order chi connectivity index (χ0) is 13.0. The minimum Gasteiger partial charge on any atom is -0.222 e. The highest BCUT2D eigenvalue weighted by Crippen LogP contribution is 2.10. The Morgan fingerprint density at radius 3 is 1.88 bits per heavy atom. The van der Waals surface area contributed by atoms with Crippen LogP contribution in [0.4, 0.5) is 0 Å². The van der Waals surface area contributed by atoms with Crippen molar-refractivity contribution in [2.45, 2.75) is 27.2 Å². The summed E-state index contributed by atoms with van der Waals surface area (Å²) >= 11 is 0. The largest absolute Gasteiger partial charge is 0.231 e. The van der Waals surface area contributed by atoms with Crippen molar-refractivity contribution in [1.29, 1.82) is 10.8 Å². The van der Waals surface area contributed by atoms with E-state index in [1.165, 1.54) is 16.7 Å². The molecule has 1 rings (SSSR count). The molecule has 0 radical (unpaired) electrons. The van der Waals surface area contributed by atoms with Gasteiger partial charge >= 0.3 is 0 Å². The lowest BCUT2D eigenvalue weighted by Gasteiger charge is -2.02. The smallest absolute Gasteiger partial charge is 0.222 e. The highest BCUT2D eigenvalue weighted by molar-refractivity contribution is 5.30. The number of isocyanates is 2. The van der Waals surface area contributed by atoms with Gasteiger partial charge in [0.25, 0.3) is 0 Å². The number of carbonyl (C=O) groups excluding carboxylic acids is 2. The maximum Gasteiger partial charge on any atom is 0.231 e. The van der Waals surface area contributed by atoms with E-state index < -0.39 is 0 Å². The van der Waals surface area contributed by atoms with Crippen molar-refractivity contribution in [3.63, 3.8) is 0 Å². The molecule has 4 heteroatoms. The van der Waals surface area contributed by atoms with Crippen LogP contribution in [0.15, 0.2) is 18.2 Å². The summed E-state index contributed by atoms with van der Waals surface area (Å²) in [4.78, 5) is 16.7. The zero-order valence-corrected chi connectivity index (χ0v) is 9.76. The summed E-state index contributed by atoms with van der Waals surface area (Å²) in [5.74, 6) is 0. The highest BCUT2D eigenvalue weighted by atomic mass is 16.1. The van der Waals surface area contributed by atoms with E-state index in [1.807, 2.05) is 0 Å². The SMILES string of the molecule is CCc1ccc(C)cc1C.N=C=O.N=C=O. The van der Waals surface area contributed by atoms with Crippen LogP contribution in [-0.4, -0.2) is 12.2 Å². The summed E-state index contributed by atoms with van der Waals surface area (Å²) in [5.41, 5.74) is 4.24. The topological polar surface area (TPSA) is 81.8 Å². The van der Waals surface area contributed by atoms with Crippen LogP contribution in [0.1, 0.15) is 23.6 Å². The van der Waals surface area contributed by atoms with Gasteiger partial charge in [0.1, 0.15) is 0 Å². The Kier molecular flexibility index (Phi) is 11.3. The van der Waals surface area contributed by atoms with Crippen LogP contribution in [0.2, 0.25) is 0 Å². The second kappa shape index (κ2) is 11.1. The quantitative estimate of drug-likeness (QED) is 0.563. The molecule has 86 valence electrons. The maximum atomic E-state index is 8.35. The minimum absolute atomic E-state index is 0.750. The lowest BCUT2D eigenvalue weighted by molar-refractivity contribution is 0.562. The molecule has 0 aliphatic rings. The average Bonchev–Trinajstić information content (AvgIpc) is 2.20. The number of nitrogens with one attached hydrogen (secondary N) is 2. The number of aryl methyl sites for hydroxylation is 3. The first-order valence-corrected chi connectivity index (χ1v) is 4.71. The molecule has 1 aromatic carbocycles. The third kappa shape index (κ3) is 8.57. The van der Waals surface area contributed by atoms with Gasteiger partial charge in [0.15, 0.2) is 0 Å². The molecule has 0 aliphatic heterocycles. The molecule has 0 saturated heterocycles. The molecule has 0 heterocycles. The van der Waals surface area contributed by atoms with Crippen LogP contribution >= 0.6 is 0 Å². The summed E-state index contributed by atoms with van der Waals surface area (Å²) in [6, 6.07) is 6.62. The molecule has 16 heavy (non-hydrogen) atoms. The number of hydrogen-bond acceptors (Lipinski definition) is 4. The van der Waals surface area contributed by atoms with Crippen LogP contribution in [-0.2, 0) is 16.0 Å². The Bertz CT molecular complexity index is 363. The molecule has 0 atom stereocenters. The Morgan fingerprint density at radius 2 is 1.56 bits per heavy atom. The van der Waals surface area contributed by atoms with E-state index in [1.54, 1.807) is 0 Å². The standard InChI is InChI=1S/C10H14.2CHNO/c1-4-10-6-5-8(2)7-9(10)3;2*2-1-3/h5-7H,4H2,1-3H3;2*2H. The van der Waals surface area contributed by atoms with E-state index in [4.69, 9.17) is 20.4 Å². The molecule has 0 aromatic heterocycles. The van der Waals surface area contributed by atoms with E-state index in [0.29, 0.717) is 0 Å². The Morgan fingerprint density at radius 1 is 1.12 bits per heavy atom. The van der Waals surface area contributed by atoms with Gasteiger partial charge in [-0.25, -0.2) is 20.4 Å². The maximum absolute atomic E-state index is 8.35. The van der Waals surface area contributed by atoms with E-state index >= 15 is 0 Å². The summed E-state index contributed by atoms with van der Waals surface area (Å²) in [5, 5.41) is 10.8. The number of hydrogen-bond donors (Lipinski definition) is 2. The summed E-state index contributed by atoms with van der Waals surface area (Å²) in [6.45, 7) is 6.50. The Balaban J connectivity index is 0. The summed E-state index contributed by atoms with van der Waals surface area (Å²) in [6.07, 6.45) is 2.64. The summed E-state index contributed by atoms with van der Waals surface area (Å²) < 4.78 is 0. The average molecular weight is 220 g/mol. The molecule has 0 amide bonds. The Hall–Kier alpha value is -2.02. The molecular formula is C12H16N2O2. The van der Waals surface area contributed by atoms with Gasteiger partial charge in [0, 0.05) is 0 Å². The molecule has 0 fully saturated rings. The van der Waals surface area contributed by atoms with Crippen LogP contribution in [0.3, 0.4) is 0 Å². The first kappa shape index (κ1) is 16.4. The second-order valence-electron chi connectivity index (χ2n) is 2.99. The monoisotopic (exact) mass is 220 g/mol. The first-order valence-electron chi connectivity index (χ1n) is 4.71. The minimum atomic E-state index is 0.750. The van der Waals surface area contributed by atoms with Gasteiger partial charge in [-0.2, -0.15) is 0 Å². The highest BCUT2D eigenvalue weighted by Gasteiger charge is 1.93. The Labute approximate surface area is 95.3 Å². The second-order valence-corrected chi connectivity index (χ2v) is 2.99. The van der Waals surface area contributed by atoms with Gasteiger partial charge in [-0.05, 0) is 31.4 Å². The van der Waals surface area contributed by atoms with Crippen molar-refractivity contribution in [1.82, 2.24) is 0 Å². The molecule has 4 nitrogen and oxygen atoms in total. The van der Waals surface area contributed by atoms with Crippen molar-refractivity contribution in [2.75, 3.05) is 0 Å². The van der Waals surface area contributed by atoms with Gasteiger partial charge < -0.3 is 0 Å². The predicted molar refractivity (Wildman–Crippen MR) is 62.1 cm³/mol. The van der Waals surface area contributed by atoms with Crippen LogP contribution < -0.4 is 0 Å². The lowest BCUT2D eigenvalue weighted by atomic mass is 10.0. The fourth-order valence-corrected chi connectivity index (χ4v) is 1.24. The van der Waals surface area contributed by atoms with Gasteiger partial charge in [0.05, 0.1) is 0 Å². The molecule has 0 saturated carbocycles. The third-order valence-corrected chi connectivity index (χ3v) is 1.88. The zero-order valence-electron chi connectivity index (χ0n) is 9.76. The van der Waals surface area contributed by atoms with Crippen molar-refractivity contribution < 1.29 is 9.59 Å². The molecule has 0 unspecified atom stereocenters. The van der Waals surface area contributed by atoms with Gasteiger partial charge in [0.2, 0.25) is 12.2 Å². The molecular weight excluding hydrogens is 204 g/mol. The molecule has 0 spiro atoms. The van der Waals surface area contributed by atoms with Gasteiger partial charge in [-0.1, -0.05) is 30.7 Å². The lowest BCUT2D eigenvalue weighted by Crippen LogP contribution is -1.85. The third-order valence-electron chi connectivity index (χ3n) is 1.88. The van der Waals surface area contributed by atoms with Crippen molar-refractivity contribution in [2.24, 2.45) is 0 Å². The summed E-state index contributed by atoms with van der Waals surface area (Å²) in [7, 11) is 0. The first-order chi connectivity index (χ1) is 7.56. The van der Waals surface area contributed by atoms with E-state index in [9.17, 15) is 0 Å². The molecule has 2 N–H and O–H groups in total. The molecule has 0 bridgehead atoms. The van der Waals surface area contributed by atoms with Gasteiger partial charge in [-0.3, -0.25) is 0 Å². The predicted octanol–water partition coefficient (Wildman–Crippen LogP) is 2.67.